The highest BCUT2D eigenvalue weighted by molar-refractivity contribution is 5.79. The van der Waals surface area contributed by atoms with Gasteiger partial charge in [0.15, 0.2) is 11.5 Å². The molecule has 0 atom stereocenters. The van der Waals surface area contributed by atoms with E-state index in [1.165, 1.54) is 7.11 Å². The summed E-state index contributed by atoms with van der Waals surface area (Å²) >= 11 is 0. The molecule has 0 aliphatic heterocycles. The van der Waals surface area contributed by atoms with Crippen LogP contribution in [0.15, 0.2) is 60.7 Å². The zero-order valence-electron chi connectivity index (χ0n) is 13.5. The molecule has 0 aromatic heterocycles. The van der Waals surface area contributed by atoms with E-state index in [4.69, 9.17) is 9.47 Å². The average Bonchev–Trinajstić information content (AvgIpc) is 2.63. The molecule has 0 saturated carbocycles. The molecule has 0 unspecified atom stereocenters. The van der Waals surface area contributed by atoms with E-state index < -0.39 is 0 Å². The summed E-state index contributed by atoms with van der Waals surface area (Å²) in [7, 11) is 3.12. The van der Waals surface area contributed by atoms with Crippen LogP contribution in [-0.4, -0.2) is 24.4 Å². The maximum absolute atomic E-state index is 10.2. The number of aromatic hydroxyl groups is 2. The van der Waals surface area contributed by atoms with E-state index in [9.17, 15) is 10.2 Å². The number of methoxy groups -OCH3 is 2. The van der Waals surface area contributed by atoms with Gasteiger partial charge in [0, 0.05) is 5.56 Å². The summed E-state index contributed by atoms with van der Waals surface area (Å²) in [5.74, 6) is 1.35. The molecule has 3 aromatic carbocycles. The van der Waals surface area contributed by atoms with E-state index in [1.54, 1.807) is 31.4 Å². The number of ether oxygens (including phenoxy) is 2. The van der Waals surface area contributed by atoms with Gasteiger partial charge in [-0.2, -0.15) is 0 Å². The van der Waals surface area contributed by atoms with Crippen LogP contribution in [0.1, 0.15) is 0 Å². The molecule has 0 radical (unpaired) electrons. The number of phenolic OH excluding ortho intramolecular Hbond substituents is 2. The van der Waals surface area contributed by atoms with Gasteiger partial charge in [0.05, 0.1) is 14.2 Å². The second kappa shape index (κ2) is 6.54. The lowest BCUT2D eigenvalue weighted by Crippen LogP contribution is -1.87. The first kappa shape index (κ1) is 15.7. The van der Waals surface area contributed by atoms with Gasteiger partial charge in [-0.05, 0) is 53.1 Å². The lowest BCUT2D eigenvalue weighted by atomic mass is 9.98. The second-order valence-electron chi connectivity index (χ2n) is 5.35. The lowest BCUT2D eigenvalue weighted by Gasteiger charge is -2.11. The average molecular weight is 322 g/mol. The summed E-state index contributed by atoms with van der Waals surface area (Å²) in [6, 6.07) is 18.1. The highest BCUT2D eigenvalue weighted by Crippen LogP contribution is 2.38. The quantitative estimate of drug-likeness (QED) is 0.745. The molecule has 0 fully saturated rings. The summed E-state index contributed by atoms with van der Waals surface area (Å²) in [4.78, 5) is 0. The molecular formula is C20H18O4. The van der Waals surface area contributed by atoms with Gasteiger partial charge in [0.2, 0.25) is 0 Å². The van der Waals surface area contributed by atoms with E-state index in [2.05, 4.69) is 0 Å². The molecule has 4 nitrogen and oxygen atoms in total. The zero-order chi connectivity index (χ0) is 17.1. The van der Waals surface area contributed by atoms with Gasteiger partial charge in [-0.3, -0.25) is 0 Å². The largest absolute Gasteiger partial charge is 0.507 e. The summed E-state index contributed by atoms with van der Waals surface area (Å²) in [5.41, 5.74) is 3.36. The first-order chi connectivity index (χ1) is 11.6. The van der Waals surface area contributed by atoms with Crippen LogP contribution >= 0.6 is 0 Å². The Morgan fingerprint density at radius 1 is 0.667 bits per heavy atom. The van der Waals surface area contributed by atoms with Gasteiger partial charge in [-0.25, -0.2) is 0 Å². The minimum Gasteiger partial charge on any atom is -0.507 e. The second-order valence-corrected chi connectivity index (χ2v) is 5.35. The van der Waals surface area contributed by atoms with E-state index in [0.29, 0.717) is 11.3 Å². The van der Waals surface area contributed by atoms with Crippen LogP contribution in [0.3, 0.4) is 0 Å². The van der Waals surface area contributed by atoms with Crippen molar-refractivity contribution in [2.24, 2.45) is 0 Å². The zero-order valence-corrected chi connectivity index (χ0v) is 13.5. The predicted octanol–water partition coefficient (Wildman–Crippen LogP) is 4.45. The lowest BCUT2D eigenvalue weighted by molar-refractivity contribution is 0.373. The van der Waals surface area contributed by atoms with Crippen molar-refractivity contribution in [2.45, 2.75) is 0 Å². The molecule has 0 aliphatic carbocycles. The molecule has 0 bridgehead atoms. The monoisotopic (exact) mass is 322 g/mol. The minimum absolute atomic E-state index is 0.0599. The molecule has 4 heteroatoms. The highest BCUT2D eigenvalue weighted by atomic mass is 16.5. The van der Waals surface area contributed by atoms with Crippen molar-refractivity contribution in [3.8, 4) is 45.3 Å². The van der Waals surface area contributed by atoms with Gasteiger partial charge < -0.3 is 19.7 Å². The molecule has 0 spiro atoms. The molecule has 2 N–H and O–H groups in total. The van der Waals surface area contributed by atoms with Crippen molar-refractivity contribution >= 4 is 0 Å². The fourth-order valence-electron chi connectivity index (χ4n) is 2.59. The third-order valence-corrected chi connectivity index (χ3v) is 3.89. The SMILES string of the molecule is COc1cccc(-c2ccc(O)c(-c3ccc(O)c(OC)c3)c2)c1. The fraction of sp³-hybridized carbons (Fsp3) is 0.100. The predicted molar refractivity (Wildman–Crippen MR) is 93.7 cm³/mol. The first-order valence-electron chi connectivity index (χ1n) is 7.47. The minimum atomic E-state index is 0.0599. The molecule has 24 heavy (non-hydrogen) atoms. The van der Waals surface area contributed by atoms with Gasteiger partial charge in [-0.1, -0.05) is 24.3 Å². The normalized spacial score (nSPS) is 10.4. The number of hydrogen-bond acceptors (Lipinski definition) is 4. The van der Waals surface area contributed by atoms with Crippen molar-refractivity contribution < 1.29 is 19.7 Å². The van der Waals surface area contributed by atoms with Crippen LogP contribution in [0.5, 0.6) is 23.0 Å². The van der Waals surface area contributed by atoms with Crippen LogP contribution in [0.25, 0.3) is 22.3 Å². The molecule has 0 aliphatic rings. The van der Waals surface area contributed by atoms with E-state index in [0.717, 1.165) is 22.4 Å². The molecule has 122 valence electrons. The highest BCUT2D eigenvalue weighted by Gasteiger charge is 2.10. The van der Waals surface area contributed by atoms with Crippen molar-refractivity contribution in [1.82, 2.24) is 0 Å². The Morgan fingerprint density at radius 3 is 2.12 bits per heavy atom. The van der Waals surface area contributed by atoms with Gasteiger partial charge in [0.25, 0.3) is 0 Å². The van der Waals surface area contributed by atoms with Crippen molar-refractivity contribution in [1.29, 1.82) is 0 Å². The fourth-order valence-corrected chi connectivity index (χ4v) is 2.59. The van der Waals surface area contributed by atoms with E-state index >= 15 is 0 Å². The summed E-state index contributed by atoms with van der Waals surface area (Å²) in [6.07, 6.45) is 0. The van der Waals surface area contributed by atoms with Crippen molar-refractivity contribution in [3.63, 3.8) is 0 Å². The first-order valence-corrected chi connectivity index (χ1v) is 7.47. The Hall–Kier alpha value is -3.14. The molecule has 0 heterocycles. The number of rotatable bonds is 4. The molecule has 0 amide bonds. The van der Waals surface area contributed by atoms with E-state index in [1.807, 2.05) is 36.4 Å². The van der Waals surface area contributed by atoms with Gasteiger partial charge in [-0.15, -0.1) is 0 Å². The Balaban J connectivity index is 2.09. The Labute approximate surface area is 140 Å². The number of phenols is 2. The summed E-state index contributed by atoms with van der Waals surface area (Å²) in [5, 5.41) is 20.0. The Bertz CT molecular complexity index is 871. The van der Waals surface area contributed by atoms with E-state index in [-0.39, 0.29) is 11.5 Å². The Kier molecular flexibility index (Phi) is 4.29. The van der Waals surface area contributed by atoms with Gasteiger partial charge >= 0.3 is 0 Å². The standard InChI is InChI=1S/C20H18O4/c1-23-16-5-3-4-13(10-16)14-6-8-18(21)17(11-14)15-7-9-19(22)20(12-15)24-2/h3-12,21-22H,1-2H3. The summed E-state index contributed by atoms with van der Waals surface area (Å²) < 4.78 is 10.4. The third kappa shape index (κ3) is 2.99. The van der Waals surface area contributed by atoms with Crippen LogP contribution in [-0.2, 0) is 0 Å². The van der Waals surface area contributed by atoms with Crippen LogP contribution in [0, 0.1) is 0 Å². The molecular weight excluding hydrogens is 304 g/mol. The van der Waals surface area contributed by atoms with Crippen LogP contribution in [0.2, 0.25) is 0 Å². The van der Waals surface area contributed by atoms with Crippen molar-refractivity contribution in [3.05, 3.63) is 60.7 Å². The topological polar surface area (TPSA) is 58.9 Å². The number of benzene rings is 3. The maximum Gasteiger partial charge on any atom is 0.161 e. The molecule has 3 aromatic rings. The van der Waals surface area contributed by atoms with Crippen LogP contribution < -0.4 is 9.47 Å². The van der Waals surface area contributed by atoms with Crippen molar-refractivity contribution in [2.75, 3.05) is 14.2 Å². The third-order valence-electron chi connectivity index (χ3n) is 3.89. The van der Waals surface area contributed by atoms with Crippen LogP contribution in [0.4, 0.5) is 0 Å². The Morgan fingerprint density at radius 2 is 1.38 bits per heavy atom. The smallest absolute Gasteiger partial charge is 0.161 e. The molecule has 0 saturated heterocycles. The summed E-state index contributed by atoms with van der Waals surface area (Å²) in [6.45, 7) is 0. The number of hydrogen-bond donors (Lipinski definition) is 2. The maximum atomic E-state index is 10.2. The van der Waals surface area contributed by atoms with Gasteiger partial charge in [0.1, 0.15) is 11.5 Å². The molecule has 3 rings (SSSR count).